The first-order valence-electron chi connectivity index (χ1n) is 5.60. The van der Waals surface area contributed by atoms with Crippen LogP contribution in [0.2, 0.25) is 0 Å². The molecule has 4 nitrogen and oxygen atoms in total. The number of halogens is 2. The average Bonchev–Trinajstić information content (AvgIpc) is 2.47. The molecule has 6 heteroatoms. The summed E-state index contributed by atoms with van der Waals surface area (Å²) in [5.74, 6) is 0. The van der Waals surface area contributed by atoms with Crippen molar-refractivity contribution in [2.24, 2.45) is 7.05 Å². The summed E-state index contributed by atoms with van der Waals surface area (Å²) in [6, 6.07) is 0. The van der Waals surface area contributed by atoms with Crippen LogP contribution < -0.4 is 5.32 Å². The minimum atomic E-state index is 0. The van der Waals surface area contributed by atoms with Gasteiger partial charge in [0, 0.05) is 51.0 Å². The summed E-state index contributed by atoms with van der Waals surface area (Å²) >= 11 is 0. The lowest BCUT2D eigenvalue weighted by Gasteiger charge is -2.27. The molecule has 1 N–H and O–H groups in total. The molecular formula is C11H22Cl2N4. The molecule has 17 heavy (non-hydrogen) atoms. The molecule has 0 bridgehead atoms. The fraction of sp³-hybridized carbons (Fsp3) is 0.727. The van der Waals surface area contributed by atoms with E-state index in [0.29, 0.717) is 0 Å². The third kappa shape index (κ3) is 3.85. The van der Waals surface area contributed by atoms with Crippen molar-refractivity contribution in [3.05, 3.63) is 17.0 Å². The molecule has 2 rings (SSSR count). The lowest BCUT2D eigenvalue weighted by Crippen LogP contribution is -2.43. The van der Waals surface area contributed by atoms with Gasteiger partial charge >= 0.3 is 0 Å². The quantitative estimate of drug-likeness (QED) is 0.886. The zero-order valence-electron chi connectivity index (χ0n) is 10.7. The SMILES string of the molecule is Cc1nn(C)c(C)c1CN1CCNCC1.Cl.Cl. The van der Waals surface area contributed by atoms with E-state index in [2.05, 4.69) is 29.2 Å². The summed E-state index contributed by atoms with van der Waals surface area (Å²) in [6.07, 6.45) is 0. The first-order valence-corrected chi connectivity index (χ1v) is 5.60. The predicted octanol–water partition coefficient (Wildman–Crippen LogP) is 1.29. The van der Waals surface area contributed by atoms with Crippen molar-refractivity contribution in [3.8, 4) is 0 Å². The molecule has 0 radical (unpaired) electrons. The molecule has 0 spiro atoms. The number of nitrogens with zero attached hydrogens (tertiary/aromatic N) is 3. The van der Waals surface area contributed by atoms with E-state index in [0.717, 1.165) is 32.7 Å². The number of piperazine rings is 1. The molecule has 1 saturated heterocycles. The van der Waals surface area contributed by atoms with Gasteiger partial charge in [-0.15, -0.1) is 24.8 Å². The van der Waals surface area contributed by atoms with E-state index in [9.17, 15) is 0 Å². The summed E-state index contributed by atoms with van der Waals surface area (Å²) in [4.78, 5) is 2.49. The molecular weight excluding hydrogens is 259 g/mol. The Balaban J connectivity index is 0.00000128. The number of aryl methyl sites for hydroxylation is 2. The number of nitrogens with one attached hydrogen (secondary N) is 1. The first-order chi connectivity index (χ1) is 7.18. The number of hydrogen-bond donors (Lipinski definition) is 1. The molecule has 1 aromatic rings. The summed E-state index contributed by atoms with van der Waals surface area (Å²) < 4.78 is 1.98. The van der Waals surface area contributed by atoms with Crippen LogP contribution in [0.5, 0.6) is 0 Å². The molecule has 0 unspecified atom stereocenters. The summed E-state index contributed by atoms with van der Waals surface area (Å²) in [6.45, 7) is 9.81. The molecule has 0 aromatic carbocycles. The Hall–Kier alpha value is -0.290. The van der Waals surface area contributed by atoms with E-state index >= 15 is 0 Å². The maximum absolute atomic E-state index is 4.45. The minimum Gasteiger partial charge on any atom is -0.314 e. The van der Waals surface area contributed by atoms with Crippen molar-refractivity contribution < 1.29 is 0 Å². The van der Waals surface area contributed by atoms with Gasteiger partial charge in [0.15, 0.2) is 0 Å². The van der Waals surface area contributed by atoms with Gasteiger partial charge in [-0.1, -0.05) is 0 Å². The molecule has 0 atom stereocenters. The number of hydrogen-bond acceptors (Lipinski definition) is 3. The Morgan fingerprint density at radius 3 is 2.24 bits per heavy atom. The van der Waals surface area contributed by atoms with Crippen LogP contribution in [0.25, 0.3) is 0 Å². The largest absolute Gasteiger partial charge is 0.314 e. The predicted molar refractivity (Wildman–Crippen MR) is 75.3 cm³/mol. The van der Waals surface area contributed by atoms with Gasteiger partial charge in [0.25, 0.3) is 0 Å². The van der Waals surface area contributed by atoms with Crippen LogP contribution in [0.3, 0.4) is 0 Å². The second-order valence-corrected chi connectivity index (χ2v) is 4.30. The lowest BCUT2D eigenvalue weighted by atomic mass is 10.1. The Bertz CT molecular complexity index is 345. The van der Waals surface area contributed by atoms with Gasteiger partial charge < -0.3 is 5.32 Å². The van der Waals surface area contributed by atoms with Crippen molar-refractivity contribution in [2.45, 2.75) is 20.4 Å². The van der Waals surface area contributed by atoms with Gasteiger partial charge in [0.05, 0.1) is 5.69 Å². The first kappa shape index (κ1) is 16.7. The van der Waals surface area contributed by atoms with E-state index in [-0.39, 0.29) is 24.8 Å². The smallest absolute Gasteiger partial charge is 0.0641 e. The van der Waals surface area contributed by atoms with Crippen LogP contribution in [0, 0.1) is 13.8 Å². The molecule has 2 heterocycles. The lowest BCUT2D eigenvalue weighted by molar-refractivity contribution is 0.232. The Morgan fingerprint density at radius 2 is 1.76 bits per heavy atom. The summed E-state index contributed by atoms with van der Waals surface area (Å²) in [5.41, 5.74) is 3.87. The van der Waals surface area contributed by atoms with Gasteiger partial charge in [-0.25, -0.2) is 0 Å². The maximum Gasteiger partial charge on any atom is 0.0641 e. The Labute approximate surface area is 116 Å². The highest BCUT2D eigenvalue weighted by atomic mass is 35.5. The zero-order valence-corrected chi connectivity index (χ0v) is 12.3. The van der Waals surface area contributed by atoms with Gasteiger partial charge in [-0.2, -0.15) is 5.10 Å². The Kier molecular flexibility index (Phi) is 7.09. The van der Waals surface area contributed by atoms with Gasteiger partial charge in [-0.05, 0) is 13.8 Å². The molecule has 100 valence electrons. The maximum atomic E-state index is 4.45. The second kappa shape index (κ2) is 7.21. The summed E-state index contributed by atoms with van der Waals surface area (Å²) in [7, 11) is 2.02. The van der Waals surface area contributed by atoms with Crippen LogP contribution in [0.1, 0.15) is 17.0 Å². The molecule has 1 aliphatic rings. The van der Waals surface area contributed by atoms with E-state index in [1.54, 1.807) is 0 Å². The van der Waals surface area contributed by atoms with Crippen molar-refractivity contribution in [1.29, 1.82) is 0 Å². The molecule has 1 fully saturated rings. The van der Waals surface area contributed by atoms with Crippen LogP contribution in [0.15, 0.2) is 0 Å². The third-order valence-corrected chi connectivity index (χ3v) is 3.25. The van der Waals surface area contributed by atoms with Crippen LogP contribution in [0.4, 0.5) is 0 Å². The van der Waals surface area contributed by atoms with E-state index in [1.807, 2.05) is 11.7 Å². The molecule has 0 amide bonds. The average molecular weight is 281 g/mol. The normalized spacial score (nSPS) is 16.2. The zero-order chi connectivity index (χ0) is 10.8. The van der Waals surface area contributed by atoms with Gasteiger partial charge in [0.1, 0.15) is 0 Å². The second-order valence-electron chi connectivity index (χ2n) is 4.30. The molecule has 0 saturated carbocycles. The fourth-order valence-corrected chi connectivity index (χ4v) is 2.14. The number of aromatic nitrogens is 2. The Morgan fingerprint density at radius 1 is 1.18 bits per heavy atom. The van der Waals surface area contributed by atoms with E-state index < -0.39 is 0 Å². The third-order valence-electron chi connectivity index (χ3n) is 3.25. The van der Waals surface area contributed by atoms with Gasteiger partial charge in [0.2, 0.25) is 0 Å². The van der Waals surface area contributed by atoms with Crippen molar-refractivity contribution in [3.63, 3.8) is 0 Å². The van der Waals surface area contributed by atoms with Crippen LogP contribution in [-0.4, -0.2) is 40.9 Å². The van der Waals surface area contributed by atoms with Crippen LogP contribution in [-0.2, 0) is 13.6 Å². The molecule has 0 aliphatic carbocycles. The van der Waals surface area contributed by atoms with Crippen molar-refractivity contribution in [1.82, 2.24) is 20.0 Å². The molecule has 1 aliphatic heterocycles. The standard InChI is InChI=1S/C11H20N4.2ClH/c1-9-11(10(2)14(3)13-9)8-15-6-4-12-5-7-15;;/h12H,4-8H2,1-3H3;2*1H. The molecule has 1 aromatic heterocycles. The monoisotopic (exact) mass is 280 g/mol. The highest BCUT2D eigenvalue weighted by molar-refractivity contribution is 5.85. The summed E-state index contributed by atoms with van der Waals surface area (Å²) in [5, 5.41) is 7.82. The van der Waals surface area contributed by atoms with Crippen LogP contribution >= 0.6 is 24.8 Å². The van der Waals surface area contributed by atoms with E-state index in [4.69, 9.17) is 0 Å². The van der Waals surface area contributed by atoms with Gasteiger partial charge in [-0.3, -0.25) is 9.58 Å². The van der Waals surface area contributed by atoms with Crippen molar-refractivity contribution >= 4 is 24.8 Å². The fourth-order valence-electron chi connectivity index (χ4n) is 2.14. The van der Waals surface area contributed by atoms with E-state index in [1.165, 1.54) is 17.0 Å². The number of rotatable bonds is 2. The minimum absolute atomic E-state index is 0. The topological polar surface area (TPSA) is 33.1 Å². The van der Waals surface area contributed by atoms with Crippen molar-refractivity contribution in [2.75, 3.05) is 26.2 Å². The highest BCUT2D eigenvalue weighted by Crippen LogP contribution is 2.14. The highest BCUT2D eigenvalue weighted by Gasteiger charge is 2.15.